The summed E-state index contributed by atoms with van der Waals surface area (Å²) >= 11 is 5.82. The van der Waals surface area contributed by atoms with E-state index in [1.54, 1.807) is 26.2 Å². The van der Waals surface area contributed by atoms with Gasteiger partial charge in [0.25, 0.3) is 0 Å². The molecule has 0 spiro atoms. The van der Waals surface area contributed by atoms with Gasteiger partial charge in [0, 0.05) is 23.9 Å². The number of benzene rings is 2. The first-order valence-corrected chi connectivity index (χ1v) is 8.36. The van der Waals surface area contributed by atoms with Gasteiger partial charge in [0.05, 0.1) is 12.1 Å². The molecule has 5 nitrogen and oxygen atoms in total. The third-order valence-corrected chi connectivity index (χ3v) is 3.97. The molecule has 0 amide bonds. The largest absolute Gasteiger partial charge is 0.496 e. The minimum Gasteiger partial charge on any atom is -0.496 e. The molecule has 0 atom stereocenters. The molecule has 0 aliphatic heterocycles. The quantitative estimate of drug-likeness (QED) is 0.641. The Bertz CT molecular complexity index is 920. The summed E-state index contributed by atoms with van der Waals surface area (Å²) in [6.07, 6.45) is 0. The lowest BCUT2D eigenvalue weighted by Crippen LogP contribution is -2.06. The molecule has 7 heteroatoms. The van der Waals surface area contributed by atoms with Crippen LogP contribution in [-0.2, 0) is 6.54 Å². The van der Waals surface area contributed by atoms with Crippen LogP contribution in [0.4, 0.5) is 21.7 Å². The fraction of sp³-hybridized carbons (Fsp3) is 0.158. The highest BCUT2D eigenvalue weighted by atomic mass is 35.5. The molecule has 0 unspecified atom stereocenters. The van der Waals surface area contributed by atoms with Crippen molar-refractivity contribution in [1.29, 1.82) is 0 Å². The van der Waals surface area contributed by atoms with Crippen molar-refractivity contribution in [3.8, 4) is 5.75 Å². The molecule has 3 rings (SSSR count). The fourth-order valence-corrected chi connectivity index (χ4v) is 2.66. The Morgan fingerprint density at radius 1 is 1.08 bits per heavy atom. The summed E-state index contributed by atoms with van der Waals surface area (Å²) in [6, 6.07) is 14.0. The first kappa shape index (κ1) is 17.9. The van der Waals surface area contributed by atoms with Gasteiger partial charge in [-0.05, 0) is 31.2 Å². The van der Waals surface area contributed by atoms with E-state index in [0.717, 1.165) is 11.3 Å². The van der Waals surface area contributed by atoms with Gasteiger partial charge in [-0.3, -0.25) is 0 Å². The third-order valence-electron chi connectivity index (χ3n) is 3.68. The summed E-state index contributed by atoms with van der Waals surface area (Å²) in [5.74, 6) is 2.20. The number of aryl methyl sites for hydroxylation is 1. The molecule has 134 valence electrons. The molecule has 0 aliphatic rings. The summed E-state index contributed by atoms with van der Waals surface area (Å²) in [5, 5.41) is 6.42. The normalized spacial score (nSPS) is 10.5. The van der Waals surface area contributed by atoms with Crippen LogP contribution in [-0.4, -0.2) is 17.1 Å². The molecule has 1 heterocycles. The van der Waals surface area contributed by atoms with Gasteiger partial charge in [-0.2, -0.15) is 0 Å². The predicted octanol–water partition coefficient (Wildman–Crippen LogP) is 4.94. The average molecular weight is 373 g/mol. The molecule has 2 N–H and O–H groups in total. The zero-order valence-electron chi connectivity index (χ0n) is 14.4. The highest BCUT2D eigenvalue weighted by Crippen LogP contribution is 2.24. The lowest BCUT2D eigenvalue weighted by atomic mass is 10.2. The maximum Gasteiger partial charge on any atom is 0.141 e. The highest BCUT2D eigenvalue weighted by molar-refractivity contribution is 6.31. The minimum absolute atomic E-state index is 0.0512. The topological polar surface area (TPSA) is 59.1 Å². The third kappa shape index (κ3) is 4.40. The summed E-state index contributed by atoms with van der Waals surface area (Å²) in [7, 11) is 1.64. The van der Waals surface area contributed by atoms with E-state index in [9.17, 15) is 4.39 Å². The highest BCUT2D eigenvalue weighted by Gasteiger charge is 2.06. The molecule has 1 aromatic heterocycles. The number of anilines is 3. The number of nitrogens with zero attached hydrogens (tertiary/aromatic N) is 2. The maximum absolute atomic E-state index is 13.3. The number of methoxy groups -OCH3 is 1. The number of rotatable bonds is 6. The van der Waals surface area contributed by atoms with Crippen molar-refractivity contribution in [3.63, 3.8) is 0 Å². The van der Waals surface area contributed by atoms with Crippen LogP contribution in [0.5, 0.6) is 5.75 Å². The van der Waals surface area contributed by atoms with Gasteiger partial charge >= 0.3 is 0 Å². The monoisotopic (exact) mass is 372 g/mol. The number of para-hydroxylation sites is 1. The zero-order valence-corrected chi connectivity index (χ0v) is 15.1. The van der Waals surface area contributed by atoms with Gasteiger partial charge < -0.3 is 15.4 Å². The molecular weight excluding hydrogens is 355 g/mol. The SMILES string of the molecule is COc1ccccc1CNc1cc(Nc2ccc(F)c(Cl)c2)nc(C)n1. The van der Waals surface area contributed by atoms with Gasteiger partial charge in [0.2, 0.25) is 0 Å². The van der Waals surface area contributed by atoms with Crippen molar-refractivity contribution in [3.05, 3.63) is 70.8 Å². The van der Waals surface area contributed by atoms with Crippen molar-refractivity contribution in [2.24, 2.45) is 0 Å². The Balaban J connectivity index is 1.76. The molecule has 3 aromatic rings. The summed E-state index contributed by atoms with van der Waals surface area (Å²) in [5.41, 5.74) is 1.66. The van der Waals surface area contributed by atoms with E-state index in [1.807, 2.05) is 24.3 Å². The molecule has 2 aromatic carbocycles. The van der Waals surface area contributed by atoms with Crippen LogP contribution in [0.1, 0.15) is 11.4 Å². The van der Waals surface area contributed by atoms with Crippen molar-refractivity contribution in [2.45, 2.75) is 13.5 Å². The Morgan fingerprint density at radius 3 is 2.62 bits per heavy atom. The summed E-state index contributed by atoms with van der Waals surface area (Å²) < 4.78 is 18.6. The van der Waals surface area contributed by atoms with Crippen LogP contribution in [0, 0.1) is 12.7 Å². The smallest absolute Gasteiger partial charge is 0.141 e. The van der Waals surface area contributed by atoms with E-state index >= 15 is 0 Å². The lowest BCUT2D eigenvalue weighted by Gasteiger charge is -2.12. The van der Waals surface area contributed by atoms with Crippen LogP contribution in [0.2, 0.25) is 5.02 Å². The van der Waals surface area contributed by atoms with E-state index in [0.29, 0.717) is 29.7 Å². The number of halogens is 2. The molecular formula is C19H18ClFN4O. The Labute approximate surface area is 156 Å². The fourth-order valence-electron chi connectivity index (χ4n) is 2.48. The molecule has 0 saturated heterocycles. The van der Waals surface area contributed by atoms with Crippen LogP contribution < -0.4 is 15.4 Å². The average Bonchev–Trinajstić information content (AvgIpc) is 2.63. The number of aromatic nitrogens is 2. The lowest BCUT2D eigenvalue weighted by molar-refractivity contribution is 0.410. The number of ether oxygens (including phenoxy) is 1. The minimum atomic E-state index is -0.463. The molecule has 26 heavy (non-hydrogen) atoms. The van der Waals surface area contributed by atoms with Crippen LogP contribution >= 0.6 is 11.6 Å². The molecule has 0 saturated carbocycles. The van der Waals surface area contributed by atoms with Crippen molar-refractivity contribution in [2.75, 3.05) is 17.7 Å². The van der Waals surface area contributed by atoms with Crippen LogP contribution in [0.25, 0.3) is 0 Å². The summed E-state index contributed by atoms with van der Waals surface area (Å²) in [4.78, 5) is 8.73. The van der Waals surface area contributed by atoms with E-state index in [2.05, 4.69) is 20.6 Å². The predicted molar refractivity (Wildman–Crippen MR) is 102 cm³/mol. The summed E-state index contributed by atoms with van der Waals surface area (Å²) in [6.45, 7) is 2.36. The number of hydrogen-bond acceptors (Lipinski definition) is 5. The van der Waals surface area contributed by atoms with E-state index < -0.39 is 5.82 Å². The molecule has 0 radical (unpaired) electrons. The Morgan fingerprint density at radius 2 is 1.85 bits per heavy atom. The van der Waals surface area contributed by atoms with Gasteiger partial charge in [-0.25, -0.2) is 14.4 Å². The standard InChI is InChI=1S/C19H18ClFN4O/c1-12-23-18(22-11-13-5-3-4-6-17(13)26-2)10-19(24-12)25-14-7-8-16(21)15(20)9-14/h3-10H,11H2,1-2H3,(H2,22,23,24,25). The van der Waals surface area contributed by atoms with Gasteiger partial charge in [-0.1, -0.05) is 29.8 Å². The van der Waals surface area contributed by atoms with Crippen LogP contribution in [0.3, 0.4) is 0 Å². The molecule has 0 bridgehead atoms. The maximum atomic E-state index is 13.3. The van der Waals surface area contributed by atoms with Crippen molar-refractivity contribution >= 4 is 28.9 Å². The number of hydrogen-bond donors (Lipinski definition) is 2. The van der Waals surface area contributed by atoms with Gasteiger partial charge in [0.1, 0.15) is 29.0 Å². The van der Waals surface area contributed by atoms with Gasteiger partial charge in [0.15, 0.2) is 0 Å². The Kier molecular flexibility index (Phi) is 5.53. The second-order valence-electron chi connectivity index (χ2n) is 5.60. The first-order chi connectivity index (χ1) is 12.5. The van der Waals surface area contributed by atoms with E-state index in [4.69, 9.17) is 16.3 Å². The first-order valence-electron chi connectivity index (χ1n) is 7.98. The van der Waals surface area contributed by atoms with Gasteiger partial charge in [-0.15, -0.1) is 0 Å². The molecule has 0 fully saturated rings. The molecule has 0 aliphatic carbocycles. The van der Waals surface area contributed by atoms with Crippen molar-refractivity contribution in [1.82, 2.24) is 9.97 Å². The second kappa shape index (κ2) is 8.01. The van der Waals surface area contributed by atoms with E-state index in [1.165, 1.54) is 12.1 Å². The van der Waals surface area contributed by atoms with Crippen molar-refractivity contribution < 1.29 is 9.13 Å². The van der Waals surface area contributed by atoms with E-state index in [-0.39, 0.29) is 5.02 Å². The Hall–Kier alpha value is -2.86. The van der Waals surface area contributed by atoms with Crippen LogP contribution in [0.15, 0.2) is 48.5 Å². The number of nitrogens with one attached hydrogen (secondary N) is 2. The zero-order chi connectivity index (χ0) is 18.5. The second-order valence-corrected chi connectivity index (χ2v) is 6.01.